The van der Waals surface area contributed by atoms with E-state index in [0.717, 1.165) is 50.0 Å². The summed E-state index contributed by atoms with van der Waals surface area (Å²) in [6.07, 6.45) is 3.57. The molecule has 2 aromatic rings. The topological polar surface area (TPSA) is 32.3 Å². The highest BCUT2D eigenvalue weighted by Crippen LogP contribution is 2.37. The van der Waals surface area contributed by atoms with Crippen LogP contribution in [0.1, 0.15) is 29.6 Å². The molecule has 21 heavy (non-hydrogen) atoms. The lowest BCUT2D eigenvalue weighted by Gasteiger charge is -2.38. The molecule has 4 rings (SSSR count). The number of hydrogen-bond donors (Lipinski definition) is 1. The SMILES string of the molecule is O=C(c1csc2ccccc12)N1CCC2(CCNC2)CC1. The van der Waals surface area contributed by atoms with Gasteiger partial charge in [0, 0.05) is 35.1 Å². The average Bonchev–Trinajstić information content (AvgIpc) is 3.15. The number of piperidine rings is 1. The Hall–Kier alpha value is -1.39. The van der Waals surface area contributed by atoms with Crippen LogP contribution >= 0.6 is 11.3 Å². The second-order valence-corrected chi connectivity index (χ2v) is 7.28. The summed E-state index contributed by atoms with van der Waals surface area (Å²) < 4.78 is 1.20. The van der Waals surface area contributed by atoms with Crippen molar-refractivity contribution in [3.05, 3.63) is 35.2 Å². The van der Waals surface area contributed by atoms with Gasteiger partial charge in [-0.05, 0) is 37.3 Å². The number of hydrogen-bond acceptors (Lipinski definition) is 3. The third kappa shape index (κ3) is 2.27. The van der Waals surface area contributed by atoms with Crippen molar-refractivity contribution < 1.29 is 4.79 Å². The minimum absolute atomic E-state index is 0.216. The average molecular weight is 300 g/mol. The zero-order valence-electron chi connectivity index (χ0n) is 12.1. The number of thiophene rings is 1. The molecule has 0 aliphatic carbocycles. The Kier molecular flexibility index (Phi) is 3.23. The van der Waals surface area contributed by atoms with Crippen molar-refractivity contribution in [2.45, 2.75) is 19.3 Å². The number of amides is 1. The standard InChI is InChI=1S/C17H20N2OS/c20-16(14-11-21-15-4-2-1-3-13(14)15)19-9-6-17(7-10-19)5-8-18-12-17/h1-4,11,18H,5-10,12H2. The zero-order chi connectivity index (χ0) is 14.3. The molecule has 0 radical (unpaired) electrons. The van der Waals surface area contributed by atoms with Crippen LogP contribution < -0.4 is 5.32 Å². The summed E-state index contributed by atoms with van der Waals surface area (Å²) in [4.78, 5) is 14.8. The molecule has 2 saturated heterocycles. The monoisotopic (exact) mass is 300 g/mol. The number of fused-ring (bicyclic) bond motifs is 1. The Balaban J connectivity index is 1.53. The molecule has 1 amide bonds. The molecule has 3 nitrogen and oxygen atoms in total. The maximum absolute atomic E-state index is 12.8. The van der Waals surface area contributed by atoms with E-state index < -0.39 is 0 Å². The minimum Gasteiger partial charge on any atom is -0.339 e. The van der Waals surface area contributed by atoms with Crippen molar-refractivity contribution in [1.29, 1.82) is 0 Å². The molecule has 1 aromatic heterocycles. The van der Waals surface area contributed by atoms with Gasteiger partial charge < -0.3 is 10.2 Å². The molecule has 0 atom stereocenters. The Morgan fingerprint density at radius 3 is 2.76 bits per heavy atom. The summed E-state index contributed by atoms with van der Waals surface area (Å²) in [7, 11) is 0. The first-order valence-corrected chi connectivity index (χ1v) is 8.62. The van der Waals surface area contributed by atoms with Gasteiger partial charge in [-0.25, -0.2) is 0 Å². The molecule has 2 aliphatic rings. The van der Waals surface area contributed by atoms with Gasteiger partial charge in [0.25, 0.3) is 5.91 Å². The first-order chi connectivity index (χ1) is 10.3. The first-order valence-electron chi connectivity index (χ1n) is 7.74. The molecule has 3 heterocycles. The summed E-state index contributed by atoms with van der Waals surface area (Å²) in [5.41, 5.74) is 1.35. The van der Waals surface area contributed by atoms with Crippen LogP contribution in [0.3, 0.4) is 0 Å². The van der Waals surface area contributed by atoms with Crippen LogP contribution in [0.25, 0.3) is 10.1 Å². The van der Waals surface area contributed by atoms with E-state index in [1.807, 2.05) is 17.5 Å². The largest absolute Gasteiger partial charge is 0.339 e. The van der Waals surface area contributed by atoms with E-state index in [1.165, 1.54) is 11.1 Å². The van der Waals surface area contributed by atoms with Crippen LogP contribution in [0.4, 0.5) is 0 Å². The molecule has 0 saturated carbocycles. The maximum Gasteiger partial charge on any atom is 0.255 e. The molecule has 0 unspecified atom stereocenters. The van der Waals surface area contributed by atoms with Gasteiger partial charge in [-0.3, -0.25) is 4.79 Å². The maximum atomic E-state index is 12.8. The summed E-state index contributed by atoms with van der Waals surface area (Å²) in [5.74, 6) is 0.216. The number of nitrogens with zero attached hydrogens (tertiary/aromatic N) is 1. The highest BCUT2D eigenvalue weighted by Gasteiger charge is 2.38. The number of carbonyl (C=O) groups excluding carboxylic acids is 1. The Bertz CT molecular complexity index is 662. The first kappa shape index (κ1) is 13.3. The van der Waals surface area contributed by atoms with Crippen LogP contribution in [0.15, 0.2) is 29.6 Å². The van der Waals surface area contributed by atoms with Crippen molar-refractivity contribution in [3.63, 3.8) is 0 Å². The second-order valence-electron chi connectivity index (χ2n) is 6.36. The van der Waals surface area contributed by atoms with Gasteiger partial charge in [0.1, 0.15) is 0 Å². The second kappa shape index (κ2) is 5.11. The fourth-order valence-corrected chi connectivity index (χ4v) is 4.65. The van der Waals surface area contributed by atoms with E-state index in [4.69, 9.17) is 0 Å². The molecule has 110 valence electrons. The molecular formula is C17H20N2OS. The lowest BCUT2D eigenvalue weighted by molar-refractivity contribution is 0.0610. The fourth-order valence-electron chi connectivity index (χ4n) is 3.72. The van der Waals surface area contributed by atoms with Crippen LogP contribution in [0.2, 0.25) is 0 Å². The van der Waals surface area contributed by atoms with Crippen molar-refractivity contribution in [3.8, 4) is 0 Å². The fraction of sp³-hybridized carbons (Fsp3) is 0.471. The van der Waals surface area contributed by atoms with Crippen LogP contribution in [0, 0.1) is 5.41 Å². The van der Waals surface area contributed by atoms with Gasteiger partial charge in [-0.1, -0.05) is 18.2 Å². The summed E-state index contributed by atoms with van der Waals surface area (Å²) in [5, 5.41) is 6.61. The van der Waals surface area contributed by atoms with Gasteiger partial charge >= 0.3 is 0 Å². The predicted octanol–water partition coefficient (Wildman–Crippen LogP) is 3.12. The Morgan fingerprint density at radius 1 is 1.19 bits per heavy atom. The zero-order valence-corrected chi connectivity index (χ0v) is 12.9. The molecule has 0 bridgehead atoms. The lowest BCUT2D eigenvalue weighted by atomic mass is 9.78. The Labute approximate surface area is 128 Å². The normalized spacial score (nSPS) is 21.2. The van der Waals surface area contributed by atoms with Crippen molar-refractivity contribution >= 4 is 27.3 Å². The highest BCUT2D eigenvalue weighted by molar-refractivity contribution is 7.17. The minimum atomic E-state index is 0.216. The number of likely N-dealkylation sites (tertiary alicyclic amines) is 1. The Morgan fingerprint density at radius 2 is 2.00 bits per heavy atom. The van der Waals surface area contributed by atoms with Gasteiger partial charge in [-0.15, -0.1) is 11.3 Å². The molecule has 2 fully saturated rings. The third-order valence-corrected chi connectivity index (χ3v) is 6.12. The van der Waals surface area contributed by atoms with E-state index in [0.29, 0.717) is 5.41 Å². The van der Waals surface area contributed by atoms with E-state index in [-0.39, 0.29) is 5.91 Å². The molecule has 2 aliphatic heterocycles. The van der Waals surface area contributed by atoms with E-state index >= 15 is 0 Å². The van der Waals surface area contributed by atoms with Crippen molar-refractivity contribution in [1.82, 2.24) is 10.2 Å². The summed E-state index contributed by atoms with van der Waals surface area (Å²) in [6.45, 7) is 4.09. The molecular weight excluding hydrogens is 280 g/mol. The smallest absolute Gasteiger partial charge is 0.255 e. The lowest BCUT2D eigenvalue weighted by Crippen LogP contribution is -2.43. The van der Waals surface area contributed by atoms with Gasteiger partial charge in [0.15, 0.2) is 0 Å². The highest BCUT2D eigenvalue weighted by atomic mass is 32.1. The quantitative estimate of drug-likeness (QED) is 0.877. The van der Waals surface area contributed by atoms with E-state index in [1.54, 1.807) is 11.3 Å². The van der Waals surface area contributed by atoms with E-state index in [2.05, 4.69) is 22.3 Å². The van der Waals surface area contributed by atoms with Crippen LogP contribution in [-0.2, 0) is 0 Å². The number of carbonyl (C=O) groups is 1. The van der Waals surface area contributed by atoms with Crippen molar-refractivity contribution in [2.24, 2.45) is 5.41 Å². The number of nitrogens with one attached hydrogen (secondary N) is 1. The molecule has 1 spiro atoms. The van der Waals surface area contributed by atoms with Gasteiger partial charge in [0.2, 0.25) is 0 Å². The van der Waals surface area contributed by atoms with Crippen LogP contribution in [-0.4, -0.2) is 37.0 Å². The summed E-state index contributed by atoms with van der Waals surface area (Å²) >= 11 is 1.67. The number of benzene rings is 1. The summed E-state index contributed by atoms with van der Waals surface area (Å²) in [6, 6.07) is 8.20. The number of rotatable bonds is 1. The van der Waals surface area contributed by atoms with Gasteiger partial charge in [0.05, 0.1) is 5.56 Å². The van der Waals surface area contributed by atoms with Crippen LogP contribution in [0.5, 0.6) is 0 Å². The molecule has 1 N–H and O–H groups in total. The molecule has 1 aromatic carbocycles. The van der Waals surface area contributed by atoms with E-state index in [9.17, 15) is 4.79 Å². The molecule has 4 heteroatoms. The van der Waals surface area contributed by atoms with Crippen molar-refractivity contribution in [2.75, 3.05) is 26.2 Å². The predicted molar refractivity (Wildman–Crippen MR) is 86.9 cm³/mol. The third-order valence-electron chi connectivity index (χ3n) is 5.15. The van der Waals surface area contributed by atoms with Gasteiger partial charge in [-0.2, -0.15) is 0 Å².